The molecule has 120 valence electrons. The minimum atomic E-state index is -3.38. The Morgan fingerprint density at radius 1 is 1.05 bits per heavy atom. The van der Waals surface area contributed by atoms with Gasteiger partial charge in [0, 0.05) is 12.6 Å². The minimum absolute atomic E-state index is 0.183. The molecule has 0 aromatic rings. The predicted molar refractivity (Wildman–Crippen MR) is 79.1 cm³/mol. The lowest BCUT2D eigenvalue weighted by atomic mass is 9.86. The van der Waals surface area contributed by atoms with Crippen molar-refractivity contribution in [1.29, 1.82) is 0 Å². The van der Waals surface area contributed by atoms with Crippen molar-refractivity contribution in [3.8, 4) is 0 Å². The molecule has 4 atom stereocenters. The van der Waals surface area contributed by atoms with Crippen LogP contribution in [0.25, 0.3) is 0 Å². The quantitative estimate of drug-likeness (QED) is 0.747. The lowest BCUT2D eigenvalue weighted by Crippen LogP contribution is -2.46. The molecule has 0 amide bonds. The largest absolute Gasteiger partial charge is 0.469 e. The molecule has 2 aliphatic carbocycles. The van der Waals surface area contributed by atoms with Crippen molar-refractivity contribution in [3.05, 3.63) is 0 Å². The molecule has 0 radical (unpaired) electrons. The Morgan fingerprint density at radius 3 is 2.57 bits per heavy atom. The van der Waals surface area contributed by atoms with Crippen LogP contribution >= 0.6 is 0 Å². The summed E-state index contributed by atoms with van der Waals surface area (Å²) in [6.45, 7) is 0.641. The Balaban J connectivity index is 1.81. The van der Waals surface area contributed by atoms with E-state index in [9.17, 15) is 13.2 Å². The van der Waals surface area contributed by atoms with Crippen molar-refractivity contribution in [3.63, 3.8) is 0 Å². The van der Waals surface area contributed by atoms with Crippen molar-refractivity contribution in [1.82, 2.24) is 4.31 Å². The molecule has 3 fully saturated rings. The maximum atomic E-state index is 13.0. The Hall–Kier alpha value is -0.620. The van der Waals surface area contributed by atoms with Gasteiger partial charge in [0.1, 0.15) is 0 Å². The van der Waals surface area contributed by atoms with Gasteiger partial charge in [-0.05, 0) is 38.0 Å². The van der Waals surface area contributed by atoms with Gasteiger partial charge in [-0.3, -0.25) is 4.79 Å². The molecule has 0 aromatic carbocycles. The highest BCUT2D eigenvalue weighted by atomic mass is 32.2. The van der Waals surface area contributed by atoms with Crippen LogP contribution in [-0.2, 0) is 19.6 Å². The molecule has 0 spiro atoms. The smallest absolute Gasteiger partial charge is 0.310 e. The van der Waals surface area contributed by atoms with Gasteiger partial charge in [-0.25, -0.2) is 8.42 Å². The molecule has 1 heterocycles. The van der Waals surface area contributed by atoms with Crippen LogP contribution in [0, 0.1) is 11.8 Å². The first-order valence-corrected chi connectivity index (χ1v) is 9.64. The molecule has 0 bridgehead atoms. The second-order valence-electron chi connectivity index (χ2n) is 6.66. The number of carbonyl (C=O) groups excluding carboxylic acids is 1. The van der Waals surface area contributed by atoms with Crippen LogP contribution in [-0.4, -0.2) is 43.6 Å². The normalized spacial score (nSPS) is 37.4. The minimum Gasteiger partial charge on any atom is -0.469 e. The zero-order valence-electron chi connectivity index (χ0n) is 12.7. The Morgan fingerprint density at radius 2 is 1.81 bits per heavy atom. The van der Waals surface area contributed by atoms with Gasteiger partial charge in [-0.2, -0.15) is 4.31 Å². The van der Waals surface area contributed by atoms with Gasteiger partial charge in [0.05, 0.1) is 18.3 Å². The fourth-order valence-corrected chi connectivity index (χ4v) is 7.05. The molecule has 0 N–H and O–H groups in total. The molecule has 3 rings (SSSR count). The first-order valence-electron chi connectivity index (χ1n) is 8.14. The number of hydrogen-bond donors (Lipinski definition) is 0. The van der Waals surface area contributed by atoms with Gasteiger partial charge in [0.15, 0.2) is 0 Å². The third kappa shape index (κ3) is 2.61. The van der Waals surface area contributed by atoms with Crippen LogP contribution in [0.5, 0.6) is 0 Å². The monoisotopic (exact) mass is 315 g/mol. The number of rotatable bonds is 3. The summed E-state index contributed by atoms with van der Waals surface area (Å²) in [5.74, 6) is -0.297. The van der Waals surface area contributed by atoms with Crippen LogP contribution in [0.15, 0.2) is 0 Å². The van der Waals surface area contributed by atoms with E-state index >= 15 is 0 Å². The van der Waals surface area contributed by atoms with E-state index in [1.54, 1.807) is 4.31 Å². The highest BCUT2D eigenvalue weighted by Gasteiger charge is 2.49. The first-order chi connectivity index (χ1) is 10.1. The number of nitrogens with zero attached hydrogens (tertiary/aromatic N) is 1. The average molecular weight is 315 g/mol. The third-order valence-electron chi connectivity index (χ3n) is 5.63. The molecule has 3 aliphatic rings. The van der Waals surface area contributed by atoms with Gasteiger partial charge in [0.25, 0.3) is 0 Å². The van der Waals surface area contributed by atoms with E-state index in [0.29, 0.717) is 25.3 Å². The van der Waals surface area contributed by atoms with Crippen LogP contribution in [0.3, 0.4) is 0 Å². The summed E-state index contributed by atoms with van der Waals surface area (Å²) in [5.41, 5.74) is 0. The molecule has 1 saturated heterocycles. The van der Waals surface area contributed by atoms with Gasteiger partial charge < -0.3 is 4.74 Å². The lowest BCUT2D eigenvalue weighted by Gasteiger charge is -2.33. The zero-order chi connectivity index (χ0) is 15.0. The summed E-state index contributed by atoms with van der Waals surface area (Å²) in [7, 11) is -2.04. The van der Waals surface area contributed by atoms with E-state index in [-0.39, 0.29) is 12.0 Å². The second kappa shape index (κ2) is 5.88. The maximum absolute atomic E-state index is 13.0. The summed E-state index contributed by atoms with van der Waals surface area (Å²) in [6, 6.07) is 0.183. The maximum Gasteiger partial charge on any atom is 0.310 e. The van der Waals surface area contributed by atoms with Crippen LogP contribution in [0.1, 0.15) is 51.4 Å². The molecular formula is C15H25NO4S. The van der Waals surface area contributed by atoms with Gasteiger partial charge in [0.2, 0.25) is 10.0 Å². The topological polar surface area (TPSA) is 63.7 Å². The number of ether oxygens (including phenoxy) is 1. The van der Waals surface area contributed by atoms with E-state index in [1.807, 2.05) is 0 Å². The molecular weight excluding hydrogens is 290 g/mol. The molecule has 21 heavy (non-hydrogen) atoms. The molecule has 5 nitrogen and oxygen atoms in total. The number of methoxy groups -OCH3 is 1. The highest BCUT2D eigenvalue weighted by molar-refractivity contribution is 7.89. The van der Waals surface area contributed by atoms with E-state index in [0.717, 1.165) is 32.1 Å². The second-order valence-corrected chi connectivity index (χ2v) is 8.76. The summed E-state index contributed by atoms with van der Waals surface area (Å²) in [5, 5.41) is -0.564. The van der Waals surface area contributed by atoms with E-state index in [2.05, 4.69) is 0 Å². The van der Waals surface area contributed by atoms with Crippen LogP contribution in [0.2, 0.25) is 0 Å². The summed E-state index contributed by atoms with van der Waals surface area (Å²) < 4.78 is 32.6. The fourth-order valence-electron chi connectivity index (χ4n) is 4.56. The van der Waals surface area contributed by atoms with Gasteiger partial charge in [-0.15, -0.1) is 0 Å². The number of fused-ring (bicyclic) bond motifs is 1. The van der Waals surface area contributed by atoms with Gasteiger partial charge >= 0.3 is 5.97 Å². The zero-order valence-corrected chi connectivity index (χ0v) is 13.5. The molecule has 2 saturated carbocycles. The number of sulfonamides is 1. The highest BCUT2D eigenvalue weighted by Crippen LogP contribution is 2.41. The first kappa shape index (κ1) is 15.3. The van der Waals surface area contributed by atoms with E-state index < -0.39 is 21.2 Å². The van der Waals surface area contributed by atoms with Crippen molar-refractivity contribution in [2.45, 2.75) is 62.7 Å². The third-order valence-corrected chi connectivity index (χ3v) is 8.06. The molecule has 0 aromatic heterocycles. The predicted octanol–water partition coefficient (Wildman–Crippen LogP) is 1.92. The number of esters is 1. The van der Waals surface area contributed by atoms with Crippen molar-refractivity contribution >= 4 is 16.0 Å². The Labute approximate surface area is 127 Å². The number of hydrogen-bond acceptors (Lipinski definition) is 4. The standard InChI is InChI=1S/C15H25NO4S/c1-20-15(17)12-6-4-8-14(12)21(18,19)16-10-9-11-5-2-3-7-13(11)16/h11-14H,2-10H2,1H3. The van der Waals surface area contributed by atoms with E-state index in [1.165, 1.54) is 13.5 Å². The van der Waals surface area contributed by atoms with Crippen LogP contribution in [0.4, 0.5) is 0 Å². The van der Waals surface area contributed by atoms with Crippen molar-refractivity contribution in [2.24, 2.45) is 11.8 Å². The van der Waals surface area contributed by atoms with E-state index in [4.69, 9.17) is 4.74 Å². The summed E-state index contributed by atoms with van der Waals surface area (Å²) in [6.07, 6.45) is 7.50. The van der Waals surface area contributed by atoms with Gasteiger partial charge in [-0.1, -0.05) is 19.3 Å². The lowest BCUT2D eigenvalue weighted by molar-refractivity contribution is -0.145. The molecule has 6 heteroatoms. The summed E-state index contributed by atoms with van der Waals surface area (Å²) >= 11 is 0. The van der Waals surface area contributed by atoms with Crippen molar-refractivity contribution < 1.29 is 17.9 Å². The van der Waals surface area contributed by atoms with Crippen molar-refractivity contribution in [2.75, 3.05) is 13.7 Å². The average Bonchev–Trinajstić information content (AvgIpc) is 3.13. The Kier molecular flexibility index (Phi) is 4.28. The SMILES string of the molecule is COC(=O)C1CCCC1S(=O)(=O)N1CCC2CCCCC21. The van der Waals surface area contributed by atoms with Crippen LogP contribution < -0.4 is 0 Å². The Bertz CT molecular complexity index is 504. The molecule has 4 unspecified atom stereocenters. The summed E-state index contributed by atoms with van der Waals surface area (Å²) in [4.78, 5) is 11.9. The fraction of sp³-hybridized carbons (Fsp3) is 0.933. The molecule has 1 aliphatic heterocycles. The number of carbonyl (C=O) groups is 1.